The molecule has 1 rings (SSSR count). The highest BCUT2D eigenvalue weighted by molar-refractivity contribution is 6.32. The third-order valence-corrected chi connectivity index (χ3v) is 2.50. The monoisotopic (exact) mass is 289 g/mol. The quantitative estimate of drug-likeness (QED) is 0.444. The Morgan fingerprint density at radius 3 is 2.95 bits per heavy atom. The van der Waals surface area contributed by atoms with E-state index in [1.165, 1.54) is 7.11 Å². The number of ether oxygens (including phenoxy) is 1. The molecule has 9 heteroatoms. The van der Waals surface area contributed by atoms with Gasteiger partial charge in [0.05, 0.1) is 29.7 Å². The molecule has 0 aromatic carbocycles. The van der Waals surface area contributed by atoms with Gasteiger partial charge in [0, 0.05) is 13.2 Å². The van der Waals surface area contributed by atoms with Gasteiger partial charge in [-0.15, -0.1) is 0 Å². The molecule has 1 aromatic rings. The molecule has 2 N–H and O–H groups in total. The number of hydrogen-bond donors (Lipinski definition) is 2. The topological polar surface area (TPSA) is 115 Å². The number of carbonyl (C=O) groups is 1. The van der Waals surface area contributed by atoms with Crippen LogP contribution in [0.5, 0.6) is 0 Å². The lowest BCUT2D eigenvalue weighted by atomic mass is 10.2. The van der Waals surface area contributed by atoms with Crippen molar-refractivity contribution in [3.8, 4) is 0 Å². The van der Waals surface area contributed by atoms with Crippen LogP contribution in [0.15, 0.2) is 12.3 Å². The minimum absolute atomic E-state index is 0.0994. The number of nitrogens with one attached hydrogen (secondary N) is 1. The summed E-state index contributed by atoms with van der Waals surface area (Å²) in [4.78, 5) is 25.3. The maximum absolute atomic E-state index is 11.9. The van der Waals surface area contributed by atoms with Gasteiger partial charge >= 0.3 is 0 Å². The number of aromatic nitrogens is 1. The minimum atomic E-state index is -0.682. The van der Waals surface area contributed by atoms with Crippen LogP contribution >= 0.6 is 11.6 Å². The molecule has 0 spiro atoms. The molecule has 8 nitrogen and oxygen atoms in total. The fraction of sp³-hybridized carbons (Fsp3) is 0.400. The molecule has 1 atom stereocenters. The van der Waals surface area contributed by atoms with Crippen LogP contribution in [0.25, 0.3) is 0 Å². The Kier molecular flexibility index (Phi) is 5.61. The van der Waals surface area contributed by atoms with E-state index in [9.17, 15) is 14.9 Å². The zero-order valence-corrected chi connectivity index (χ0v) is 10.8. The molecule has 104 valence electrons. The molecule has 0 saturated heterocycles. The number of pyridine rings is 1. The molecule has 0 bridgehead atoms. The number of hydrogen-bond acceptors (Lipinski definition) is 6. The summed E-state index contributed by atoms with van der Waals surface area (Å²) in [6, 6.07) is 0.388. The first kappa shape index (κ1) is 15.3. The van der Waals surface area contributed by atoms with E-state index < -0.39 is 16.9 Å². The van der Waals surface area contributed by atoms with Crippen LogP contribution < -0.4 is 5.32 Å². The first-order chi connectivity index (χ1) is 8.99. The van der Waals surface area contributed by atoms with E-state index in [-0.39, 0.29) is 29.6 Å². The van der Waals surface area contributed by atoms with E-state index in [4.69, 9.17) is 21.4 Å². The molecule has 0 saturated carbocycles. The maximum atomic E-state index is 11.9. The highest BCUT2D eigenvalue weighted by Crippen LogP contribution is 2.19. The van der Waals surface area contributed by atoms with Crippen molar-refractivity contribution in [3.05, 3.63) is 33.1 Å². The second kappa shape index (κ2) is 6.98. The Hall–Kier alpha value is -1.77. The molecule has 0 aliphatic carbocycles. The predicted octanol–water partition coefficient (Wildman–Crippen LogP) is 0.380. The van der Waals surface area contributed by atoms with Crippen LogP contribution in [0.2, 0.25) is 5.15 Å². The number of amides is 1. The van der Waals surface area contributed by atoms with Gasteiger partial charge in [0.2, 0.25) is 0 Å². The molecule has 19 heavy (non-hydrogen) atoms. The molecule has 0 aliphatic heterocycles. The van der Waals surface area contributed by atoms with E-state index in [0.29, 0.717) is 0 Å². The van der Waals surface area contributed by atoms with Crippen molar-refractivity contribution < 1.29 is 19.6 Å². The number of rotatable bonds is 6. The van der Waals surface area contributed by atoms with Gasteiger partial charge in [0.1, 0.15) is 11.3 Å². The zero-order chi connectivity index (χ0) is 14.4. The van der Waals surface area contributed by atoms with Crippen molar-refractivity contribution in [3.63, 3.8) is 0 Å². The van der Waals surface area contributed by atoms with E-state index in [1.807, 2.05) is 0 Å². The Morgan fingerprint density at radius 2 is 2.42 bits per heavy atom. The molecule has 1 amide bonds. The highest BCUT2D eigenvalue weighted by Gasteiger charge is 2.19. The normalized spacial score (nSPS) is 11.9. The van der Waals surface area contributed by atoms with Crippen LogP contribution in [-0.2, 0) is 4.74 Å². The molecule has 1 aromatic heterocycles. The third-order valence-electron chi connectivity index (χ3n) is 2.20. The molecule has 1 heterocycles. The maximum Gasteiger partial charge on any atom is 0.288 e. The van der Waals surface area contributed by atoms with Crippen molar-refractivity contribution >= 4 is 23.2 Å². The SMILES string of the molecule is COCC(CO)NC(=O)c1cc([N+](=O)[O-])cnc1Cl. The summed E-state index contributed by atoms with van der Waals surface area (Å²) < 4.78 is 4.79. The smallest absolute Gasteiger partial charge is 0.288 e. The molecule has 0 fully saturated rings. The number of halogens is 1. The fourth-order valence-corrected chi connectivity index (χ4v) is 1.49. The van der Waals surface area contributed by atoms with E-state index in [0.717, 1.165) is 12.3 Å². The van der Waals surface area contributed by atoms with Gasteiger partial charge in [0.25, 0.3) is 11.6 Å². The average molecular weight is 290 g/mol. The molecule has 0 aliphatic rings. The number of carbonyl (C=O) groups excluding carboxylic acids is 1. The lowest BCUT2D eigenvalue weighted by Gasteiger charge is -2.15. The number of methoxy groups -OCH3 is 1. The minimum Gasteiger partial charge on any atom is -0.394 e. The summed E-state index contributed by atoms with van der Waals surface area (Å²) in [5, 5.41) is 21.9. The van der Waals surface area contributed by atoms with Gasteiger partial charge in [-0.2, -0.15) is 0 Å². The Balaban J connectivity index is 2.92. The molecule has 0 radical (unpaired) electrons. The summed E-state index contributed by atoms with van der Waals surface area (Å²) in [7, 11) is 1.41. The number of nitrogens with zero attached hydrogens (tertiary/aromatic N) is 2. The molecule has 1 unspecified atom stereocenters. The van der Waals surface area contributed by atoms with E-state index >= 15 is 0 Å². The molecular formula is C10H12ClN3O5. The standard InChI is InChI=1S/C10H12ClN3O5/c1-19-5-6(4-15)13-10(16)8-2-7(14(17)18)3-12-9(8)11/h2-3,6,15H,4-5H2,1H3,(H,13,16). The van der Waals surface area contributed by atoms with Gasteiger partial charge in [-0.25, -0.2) is 4.98 Å². The fourth-order valence-electron chi connectivity index (χ4n) is 1.30. The van der Waals surface area contributed by atoms with E-state index in [2.05, 4.69) is 10.3 Å². The van der Waals surface area contributed by atoms with Gasteiger partial charge in [-0.1, -0.05) is 11.6 Å². The van der Waals surface area contributed by atoms with Crippen molar-refractivity contribution in [1.29, 1.82) is 0 Å². The van der Waals surface area contributed by atoms with Crippen LogP contribution in [-0.4, -0.2) is 47.3 Å². The van der Waals surface area contributed by atoms with Gasteiger partial charge in [-0.05, 0) is 0 Å². The van der Waals surface area contributed by atoms with Crippen LogP contribution in [0, 0.1) is 10.1 Å². The van der Waals surface area contributed by atoms with Crippen molar-refractivity contribution in [2.45, 2.75) is 6.04 Å². The average Bonchev–Trinajstić information content (AvgIpc) is 2.38. The first-order valence-electron chi connectivity index (χ1n) is 5.20. The lowest BCUT2D eigenvalue weighted by molar-refractivity contribution is -0.385. The lowest BCUT2D eigenvalue weighted by Crippen LogP contribution is -2.40. The van der Waals surface area contributed by atoms with Crippen LogP contribution in [0.4, 0.5) is 5.69 Å². The highest BCUT2D eigenvalue weighted by atomic mass is 35.5. The Labute approximate surface area is 113 Å². The summed E-state index contributed by atoms with van der Waals surface area (Å²) in [5.41, 5.74) is -0.479. The van der Waals surface area contributed by atoms with Gasteiger partial charge < -0.3 is 15.2 Å². The van der Waals surface area contributed by atoms with Gasteiger partial charge in [0.15, 0.2) is 0 Å². The molecular weight excluding hydrogens is 278 g/mol. The van der Waals surface area contributed by atoms with Crippen molar-refractivity contribution in [1.82, 2.24) is 10.3 Å². The first-order valence-corrected chi connectivity index (χ1v) is 5.58. The third kappa shape index (κ3) is 4.12. The summed E-state index contributed by atoms with van der Waals surface area (Å²) >= 11 is 5.71. The summed E-state index contributed by atoms with van der Waals surface area (Å²) in [6.07, 6.45) is 0.956. The summed E-state index contributed by atoms with van der Waals surface area (Å²) in [5.74, 6) is -0.669. The van der Waals surface area contributed by atoms with E-state index in [1.54, 1.807) is 0 Å². The van der Waals surface area contributed by atoms with Crippen LogP contribution in [0.3, 0.4) is 0 Å². The van der Waals surface area contributed by atoms with Crippen LogP contribution in [0.1, 0.15) is 10.4 Å². The second-order valence-corrected chi connectivity index (χ2v) is 3.96. The largest absolute Gasteiger partial charge is 0.394 e. The number of nitro groups is 1. The number of aliphatic hydroxyl groups is 1. The summed E-state index contributed by atoms with van der Waals surface area (Å²) in [6.45, 7) is -0.234. The number of aliphatic hydroxyl groups excluding tert-OH is 1. The Bertz CT molecular complexity index is 482. The van der Waals surface area contributed by atoms with Crippen molar-refractivity contribution in [2.75, 3.05) is 20.3 Å². The van der Waals surface area contributed by atoms with Crippen molar-refractivity contribution in [2.24, 2.45) is 0 Å². The van der Waals surface area contributed by atoms with Gasteiger partial charge in [-0.3, -0.25) is 14.9 Å². The predicted molar refractivity (Wildman–Crippen MR) is 66.1 cm³/mol. The Morgan fingerprint density at radius 1 is 1.74 bits per heavy atom. The second-order valence-electron chi connectivity index (χ2n) is 3.60. The zero-order valence-electron chi connectivity index (χ0n) is 10.00.